The first kappa shape index (κ1) is 23.0. The van der Waals surface area contributed by atoms with E-state index >= 15 is 0 Å². The van der Waals surface area contributed by atoms with Crippen molar-refractivity contribution in [2.75, 3.05) is 30.3 Å². The molecular formula is C22H33ClFN7O. The van der Waals surface area contributed by atoms with Crippen LogP contribution in [0.25, 0.3) is 0 Å². The number of aromatic nitrogens is 2. The molecule has 2 bridgehead atoms. The molecule has 4 N–H and O–H groups in total. The summed E-state index contributed by atoms with van der Waals surface area (Å²) in [6.07, 6.45) is 6.40. The lowest BCUT2D eigenvalue weighted by Crippen LogP contribution is -2.41. The van der Waals surface area contributed by atoms with Gasteiger partial charge in [0.05, 0.1) is 12.8 Å². The summed E-state index contributed by atoms with van der Waals surface area (Å²) in [4.78, 5) is 11.1. The highest BCUT2D eigenvalue weighted by Gasteiger charge is 2.31. The van der Waals surface area contributed by atoms with Crippen molar-refractivity contribution in [3.8, 4) is 0 Å². The number of allylic oxidation sites excluding steroid dienone is 1. The molecule has 1 aromatic heterocycles. The zero-order chi connectivity index (χ0) is 22.7. The number of ether oxygens (including phenoxy) is 1. The molecule has 8 nitrogen and oxygen atoms in total. The van der Waals surface area contributed by atoms with Crippen molar-refractivity contribution in [1.82, 2.24) is 20.2 Å². The topological polar surface area (TPSA) is 98.2 Å². The van der Waals surface area contributed by atoms with Crippen LogP contribution in [-0.4, -0.2) is 64.8 Å². The Labute approximate surface area is 193 Å². The number of likely N-dealkylation sites (tertiary alicyclic amines) is 1. The maximum absolute atomic E-state index is 13.6. The molecule has 2 unspecified atom stereocenters. The highest BCUT2D eigenvalue weighted by Crippen LogP contribution is 2.28. The highest BCUT2D eigenvalue weighted by molar-refractivity contribution is 6.32. The maximum atomic E-state index is 13.6. The quantitative estimate of drug-likeness (QED) is 0.537. The Morgan fingerprint density at radius 1 is 1.28 bits per heavy atom. The minimum Gasteiger partial charge on any atom is -0.476 e. The number of anilines is 2. The van der Waals surface area contributed by atoms with Crippen molar-refractivity contribution in [3.05, 3.63) is 22.6 Å². The van der Waals surface area contributed by atoms with Crippen molar-refractivity contribution in [2.45, 2.75) is 76.7 Å². The lowest BCUT2D eigenvalue weighted by atomic mass is 9.90. The standard InChI is InChI=1S/C22H33ClFN7O/c1-13-8-10-32-20(25)19(29-22-26-11-18(23)21(27-13)30-22)14(2)28-16-3-5-17(6-4-16)31-9-7-15(24)12-31/h11,13,15-17,25,28H,3-10,12H2,1-2H3,(H2,26,27,29,30)/b19-14+,25-20?. The molecule has 3 heterocycles. The summed E-state index contributed by atoms with van der Waals surface area (Å²) in [6, 6.07) is 0.874. The Morgan fingerprint density at radius 2 is 2.06 bits per heavy atom. The zero-order valence-electron chi connectivity index (χ0n) is 18.8. The minimum atomic E-state index is -0.666. The minimum absolute atomic E-state index is 0.0592. The highest BCUT2D eigenvalue weighted by atomic mass is 35.5. The lowest BCUT2D eigenvalue weighted by Gasteiger charge is -2.35. The van der Waals surface area contributed by atoms with Gasteiger partial charge in [-0.3, -0.25) is 10.3 Å². The Kier molecular flexibility index (Phi) is 7.35. The number of nitrogens with one attached hydrogen (secondary N) is 4. The summed E-state index contributed by atoms with van der Waals surface area (Å²) < 4.78 is 19.3. The van der Waals surface area contributed by atoms with Crippen molar-refractivity contribution in [3.63, 3.8) is 0 Å². The molecule has 2 atom stereocenters. The van der Waals surface area contributed by atoms with E-state index in [0.29, 0.717) is 60.6 Å². The molecule has 2 aliphatic heterocycles. The summed E-state index contributed by atoms with van der Waals surface area (Å²) in [6.45, 7) is 5.83. The number of nitrogens with zero attached hydrogens (tertiary/aromatic N) is 3. The number of halogens is 2. The molecular weight excluding hydrogens is 433 g/mol. The molecule has 3 aliphatic rings. The van der Waals surface area contributed by atoms with Crippen LogP contribution in [0.5, 0.6) is 0 Å². The van der Waals surface area contributed by atoms with E-state index in [1.54, 1.807) is 6.20 Å². The van der Waals surface area contributed by atoms with E-state index in [4.69, 9.17) is 21.7 Å². The van der Waals surface area contributed by atoms with Gasteiger partial charge in [0.25, 0.3) is 0 Å². The third-order valence-corrected chi connectivity index (χ3v) is 6.84. The smallest absolute Gasteiger partial charge is 0.232 e. The SMILES string of the molecule is C/C(NC1CCC(N2CCC(F)C2)CC1)=C1\Nc2ncc(Cl)c(n2)NC(C)CCOC1=N. The first-order valence-electron chi connectivity index (χ1n) is 11.5. The molecule has 32 heavy (non-hydrogen) atoms. The van der Waals surface area contributed by atoms with Crippen LogP contribution in [0.2, 0.25) is 5.02 Å². The van der Waals surface area contributed by atoms with Crippen LogP contribution in [0.1, 0.15) is 52.4 Å². The van der Waals surface area contributed by atoms with Crippen LogP contribution in [0.15, 0.2) is 17.6 Å². The molecule has 2 fully saturated rings. The Bertz CT molecular complexity index is 859. The fourth-order valence-corrected chi connectivity index (χ4v) is 4.86. The van der Waals surface area contributed by atoms with Crippen molar-refractivity contribution >= 4 is 29.3 Å². The van der Waals surface area contributed by atoms with Crippen LogP contribution in [0, 0.1) is 5.41 Å². The average Bonchev–Trinajstić information content (AvgIpc) is 3.19. The van der Waals surface area contributed by atoms with Gasteiger partial charge in [-0.2, -0.15) is 4.98 Å². The van der Waals surface area contributed by atoms with Gasteiger partial charge in [0, 0.05) is 43.3 Å². The molecule has 10 heteroatoms. The number of alkyl halides is 1. The van der Waals surface area contributed by atoms with E-state index in [0.717, 1.165) is 37.9 Å². The molecule has 0 spiro atoms. The second kappa shape index (κ2) is 10.2. The Morgan fingerprint density at radius 3 is 2.78 bits per heavy atom. The van der Waals surface area contributed by atoms with E-state index in [1.807, 2.05) is 13.8 Å². The lowest BCUT2D eigenvalue weighted by molar-refractivity contribution is 0.165. The van der Waals surface area contributed by atoms with Gasteiger partial charge < -0.3 is 20.7 Å². The largest absolute Gasteiger partial charge is 0.476 e. The fourth-order valence-electron chi connectivity index (χ4n) is 4.71. The molecule has 1 saturated carbocycles. The second-order valence-electron chi connectivity index (χ2n) is 9.06. The van der Waals surface area contributed by atoms with Crippen LogP contribution in [-0.2, 0) is 4.74 Å². The normalized spacial score (nSPS) is 31.1. The third kappa shape index (κ3) is 5.61. The van der Waals surface area contributed by atoms with Gasteiger partial charge in [-0.15, -0.1) is 0 Å². The molecule has 176 valence electrons. The van der Waals surface area contributed by atoms with Gasteiger partial charge in [-0.25, -0.2) is 9.37 Å². The van der Waals surface area contributed by atoms with E-state index in [2.05, 4.69) is 30.8 Å². The van der Waals surface area contributed by atoms with Crippen molar-refractivity contribution in [2.24, 2.45) is 0 Å². The Balaban J connectivity index is 1.45. The molecule has 1 aromatic rings. The van der Waals surface area contributed by atoms with Crippen molar-refractivity contribution in [1.29, 1.82) is 5.41 Å². The molecule has 4 rings (SSSR count). The zero-order valence-corrected chi connectivity index (χ0v) is 19.5. The van der Waals surface area contributed by atoms with E-state index < -0.39 is 6.17 Å². The van der Waals surface area contributed by atoms with Gasteiger partial charge in [0.15, 0.2) is 5.82 Å². The summed E-state index contributed by atoms with van der Waals surface area (Å²) >= 11 is 6.24. The summed E-state index contributed by atoms with van der Waals surface area (Å²) in [5.74, 6) is 0.976. The predicted octanol–water partition coefficient (Wildman–Crippen LogP) is 3.92. The van der Waals surface area contributed by atoms with Crippen LogP contribution < -0.4 is 16.0 Å². The summed E-state index contributed by atoms with van der Waals surface area (Å²) in [5.41, 5.74) is 1.35. The number of rotatable bonds is 3. The molecule has 0 amide bonds. The molecule has 1 saturated heterocycles. The fraction of sp³-hybridized carbons (Fsp3) is 0.682. The van der Waals surface area contributed by atoms with E-state index in [9.17, 15) is 4.39 Å². The third-order valence-electron chi connectivity index (χ3n) is 6.56. The first-order valence-corrected chi connectivity index (χ1v) is 11.9. The van der Waals surface area contributed by atoms with Gasteiger partial charge in [-0.05, 0) is 46.0 Å². The van der Waals surface area contributed by atoms with Crippen LogP contribution >= 0.6 is 11.6 Å². The summed E-state index contributed by atoms with van der Waals surface area (Å²) in [7, 11) is 0. The van der Waals surface area contributed by atoms with Crippen molar-refractivity contribution < 1.29 is 9.13 Å². The maximum Gasteiger partial charge on any atom is 0.232 e. The molecule has 0 radical (unpaired) electrons. The van der Waals surface area contributed by atoms with E-state index in [-0.39, 0.29) is 11.9 Å². The van der Waals surface area contributed by atoms with Gasteiger partial charge in [0.2, 0.25) is 11.8 Å². The number of fused-ring (bicyclic) bond motifs is 2. The number of hydrogen-bond acceptors (Lipinski definition) is 8. The molecule has 1 aliphatic carbocycles. The summed E-state index contributed by atoms with van der Waals surface area (Å²) in [5, 5.41) is 18.9. The van der Waals surface area contributed by atoms with Gasteiger partial charge >= 0.3 is 0 Å². The number of hydrogen-bond donors (Lipinski definition) is 4. The van der Waals surface area contributed by atoms with E-state index in [1.165, 1.54) is 0 Å². The average molecular weight is 466 g/mol. The van der Waals surface area contributed by atoms with Crippen LogP contribution in [0.3, 0.4) is 0 Å². The predicted molar refractivity (Wildman–Crippen MR) is 125 cm³/mol. The van der Waals surface area contributed by atoms with Gasteiger partial charge in [0.1, 0.15) is 16.9 Å². The first-order chi connectivity index (χ1) is 15.4. The Hall–Kier alpha value is -2.13. The van der Waals surface area contributed by atoms with Crippen LogP contribution in [0.4, 0.5) is 16.2 Å². The second-order valence-corrected chi connectivity index (χ2v) is 9.46. The molecule has 0 aromatic carbocycles. The van der Waals surface area contributed by atoms with Gasteiger partial charge in [-0.1, -0.05) is 11.6 Å². The monoisotopic (exact) mass is 465 g/mol.